The van der Waals surface area contributed by atoms with Crippen molar-refractivity contribution in [2.45, 2.75) is 12.6 Å². The number of ether oxygens (including phenoxy) is 1. The van der Waals surface area contributed by atoms with Crippen LogP contribution in [-0.2, 0) is 11.3 Å². The van der Waals surface area contributed by atoms with Crippen molar-refractivity contribution in [3.05, 3.63) is 88.1 Å². The second-order valence-corrected chi connectivity index (χ2v) is 7.41. The van der Waals surface area contributed by atoms with Crippen LogP contribution in [0.3, 0.4) is 0 Å². The Bertz CT molecular complexity index is 833. The van der Waals surface area contributed by atoms with Crippen LogP contribution in [0.4, 0.5) is 0 Å². The van der Waals surface area contributed by atoms with Gasteiger partial charge in [0.25, 0.3) is 5.91 Å². The normalized spacial score (nSPS) is 13.0. The zero-order valence-electron chi connectivity index (χ0n) is 15.6. The Hall–Kier alpha value is -2.63. The van der Waals surface area contributed by atoms with Crippen LogP contribution in [0.2, 0.25) is 0 Å². The third-order valence-corrected chi connectivity index (χ3v) is 5.17. The number of carbonyl (C=O) groups is 1. The zero-order chi connectivity index (χ0) is 19.1. The molecule has 140 valence electrons. The average Bonchev–Trinajstić information content (AvgIpc) is 3.19. The fourth-order valence-corrected chi connectivity index (χ4v) is 3.76. The molecule has 1 aromatic heterocycles. The predicted molar refractivity (Wildman–Crippen MR) is 109 cm³/mol. The molecule has 3 aromatic rings. The molecule has 0 fully saturated rings. The molecule has 2 atom stereocenters. The van der Waals surface area contributed by atoms with Gasteiger partial charge in [-0.1, -0.05) is 42.5 Å². The highest BCUT2D eigenvalue weighted by Gasteiger charge is 2.19. The summed E-state index contributed by atoms with van der Waals surface area (Å²) in [6, 6.07) is 19.8. The number of carbonyl (C=O) groups excluding carboxylic acids is 1. The van der Waals surface area contributed by atoms with Gasteiger partial charge in [-0.05, 0) is 40.1 Å². The summed E-state index contributed by atoms with van der Waals surface area (Å²) in [6.45, 7) is 1.27. The summed E-state index contributed by atoms with van der Waals surface area (Å²) in [5.41, 5.74) is 3.36. The van der Waals surface area contributed by atoms with Crippen LogP contribution in [0.1, 0.15) is 22.7 Å². The first-order chi connectivity index (χ1) is 13.2. The SMILES string of the molecule is COc1ccc([C@@H](NC(=O)C[NH+](C)Cc2ccsc2)c2ccccc2)cc1. The van der Waals surface area contributed by atoms with Crippen LogP contribution in [-0.4, -0.2) is 26.6 Å². The van der Waals surface area contributed by atoms with Gasteiger partial charge in [0, 0.05) is 5.56 Å². The van der Waals surface area contributed by atoms with E-state index in [1.165, 1.54) is 5.56 Å². The van der Waals surface area contributed by atoms with Gasteiger partial charge in [0.2, 0.25) is 0 Å². The highest BCUT2D eigenvalue weighted by Crippen LogP contribution is 2.24. The molecule has 5 heteroatoms. The van der Waals surface area contributed by atoms with Gasteiger partial charge in [0.1, 0.15) is 12.3 Å². The largest absolute Gasteiger partial charge is 0.497 e. The van der Waals surface area contributed by atoms with Crippen LogP contribution >= 0.6 is 11.3 Å². The van der Waals surface area contributed by atoms with E-state index in [9.17, 15) is 4.79 Å². The van der Waals surface area contributed by atoms with E-state index in [-0.39, 0.29) is 11.9 Å². The van der Waals surface area contributed by atoms with Gasteiger partial charge >= 0.3 is 0 Å². The topological polar surface area (TPSA) is 42.8 Å². The summed E-state index contributed by atoms with van der Waals surface area (Å²) in [6.07, 6.45) is 0. The fraction of sp³-hybridized carbons (Fsp3) is 0.227. The molecule has 4 nitrogen and oxygen atoms in total. The summed E-state index contributed by atoms with van der Waals surface area (Å²) in [7, 11) is 3.69. The Labute approximate surface area is 164 Å². The number of quaternary nitrogens is 1. The third kappa shape index (κ3) is 5.42. The molecule has 0 saturated heterocycles. The lowest BCUT2D eigenvalue weighted by atomic mass is 9.98. The van der Waals surface area contributed by atoms with E-state index >= 15 is 0 Å². The summed E-state index contributed by atoms with van der Waals surface area (Å²) >= 11 is 1.68. The molecule has 3 rings (SSSR count). The standard InChI is InChI=1S/C22H24N2O2S/c1-24(14-17-12-13-27-16-17)15-21(25)23-22(18-6-4-3-5-7-18)19-8-10-20(26-2)11-9-19/h3-13,16,22H,14-15H2,1-2H3,(H,23,25)/p+1/t22-/m0/s1. The van der Waals surface area contributed by atoms with E-state index in [4.69, 9.17) is 4.74 Å². The van der Waals surface area contributed by atoms with E-state index < -0.39 is 0 Å². The predicted octanol–water partition coefficient (Wildman–Crippen LogP) is 2.68. The summed E-state index contributed by atoms with van der Waals surface area (Å²) in [5, 5.41) is 7.40. The van der Waals surface area contributed by atoms with E-state index in [0.717, 1.165) is 28.3 Å². The molecule has 2 N–H and O–H groups in total. The summed E-state index contributed by atoms with van der Waals surface area (Å²) < 4.78 is 5.25. The molecule has 0 radical (unpaired) electrons. The minimum Gasteiger partial charge on any atom is -0.497 e. The molecule has 2 aromatic carbocycles. The maximum absolute atomic E-state index is 12.7. The molecule has 0 bridgehead atoms. The molecule has 1 unspecified atom stereocenters. The Morgan fingerprint density at radius 1 is 1.07 bits per heavy atom. The van der Waals surface area contributed by atoms with Gasteiger partial charge < -0.3 is 15.0 Å². The van der Waals surface area contributed by atoms with E-state index in [2.05, 4.69) is 22.1 Å². The summed E-state index contributed by atoms with van der Waals surface area (Å²) in [4.78, 5) is 13.9. The zero-order valence-corrected chi connectivity index (χ0v) is 16.5. The number of hydrogen-bond donors (Lipinski definition) is 2. The molecule has 27 heavy (non-hydrogen) atoms. The molecule has 1 heterocycles. The highest BCUT2D eigenvalue weighted by atomic mass is 32.1. The molecule has 1 amide bonds. The molecular weight excluding hydrogens is 356 g/mol. The van der Waals surface area contributed by atoms with Crippen LogP contribution in [0.5, 0.6) is 5.75 Å². The molecular formula is C22H25N2O2S+. The van der Waals surface area contributed by atoms with Gasteiger partial charge in [-0.25, -0.2) is 0 Å². The van der Waals surface area contributed by atoms with Crippen molar-refractivity contribution >= 4 is 17.2 Å². The smallest absolute Gasteiger partial charge is 0.275 e. The first kappa shape index (κ1) is 19.1. The van der Waals surface area contributed by atoms with Crippen molar-refractivity contribution < 1.29 is 14.4 Å². The quantitative estimate of drug-likeness (QED) is 0.630. The fourth-order valence-electron chi connectivity index (χ4n) is 3.09. The number of likely N-dealkylation sites (N-methyl/N-ethyl adjacent to an activating group) is 1. The highest BCUT2D eigenvalue weighted by molar-refractivity contribution is 7.07. The van der Waals surface area contributed by atoms with Crippen molar-refractivity contribution in [2.24, 2.45) is 0 Å². The lowest BCUT2D eigenvalue weighted by Gasteiger charge is -2.21. The Balaban J connectivity index is 1.71. The van der Waals surface area contributed by atoms with Gasteiger partial charge in [-0.15, -0.1) is 0 Å². The third-order valence-electron chi connectivity index (χ3n) is 4.44. The summed E-state index contributed by atoms with van der Waals surface area (Å²) in [5.74, 6) is 0.837. The van der Waals surface area contributed by atoms with E-state index in [0.29, 0.717) is 6.54 Å². The number of hydrogen-bond acceptors (Lipinski definition) is 3. The Morgan fingerprint density at radius 2 is 1.78 bits per heavy atom. The van der Waals surface area contributed by atoms with Crippen LogP contribution in [0.15, 0.2) is 71.4 Å². The molecule has 0 spiro atoms. The lowest BCUT2D eigenvalue weighted by molar-refractivity contribution is -0.885. The number of methoxy groups -OCH3 is 1. The minimum absolute atomic E-state index is 0.0346. The number of benzene rings is 2. The lowest BCUT2D eigenvalue weighted by Crippen LogP contribution is -3.08. The second kappa shape index (κ2) is 9.35. The van der Waals surface area contributed by atoms with Crippen molar-refractivity contribution in [3.8, 4) is 5.75 Å². The van der Waals surface area contributed by atoms with Crippen LogP contribution < -0.4 is 15.0 Å². The monoisotopic (exact) mass is 381 g/mol. The molecule has 0 aliphatic carbocycles. The minimum atomic E-state index is -0.182. The van der Waals surface area contributed by atoms with Crippen molar-refractivity contribution in [1.82, 2.24) is 5.32 Å². The Morgan fingerprint density at radius 3 is 2.41 bits per heavy atom. The molecule has 0 saturated carbocycles. The first-order valence-electron chi connectivity index (χ1n) is 8.96. The van der Waals surface area contributed by atoms with Crippen molar-refractivity contribution in [3.63, 3.8) is 0 Å². The molecule has 0 aliphatic rings. The van der Waals surface area contributed by atoms with Crippen molar-refractivity contribution in [2.75, 3.05) is 20.7 Å². The number of rotatable bonds is 8. The van der Waals surface area contributed by atoms with Crippen LogP contribution in [0, 0.1) is 0 Å². The first-order valence-corrected chi connectivity index (χ1v) is 9.90. The number of thiophene rings is 1. The van der Waals surface area contributed by atoms with Gasteiger partial charge in [-0.2, -0.15) is 11.3 Å². The van der Waals surface area contributed by atoms with Gasteiger partial charge in [-0.3, -0.25) is 4.79 Å². The van der Waals surface area contributed by atoms with Gasteiger partial charge in [0.05, 0.1) is 20.2 Å². The van der Waals surface area contributed by atoms with Gasteiger partial charge in [0.15, 0.2) is 6.54 Å². The maximum Gasteiger partial charge on any atom is 0.275 e. The van der Waals surface area contributed by atoms with E-state index in [1.54, 1.807) is 18.4 Å². The van der Waals surface area contributed by atoms with Crippen molar-refractivity contribution in [1.29, 1.82) is 0 Å². The van der Waals surface area contributed by atoms with E-state index in [1.807, 2.05) is 61.6 Å². The number of amides is 1. The molecule has 0 aliphatic heterocycles. The number of nitrogens with one attached hydrogen (secondary N) is 2. The second-order valence-electron chi connectivity index (χ2n) is 6.63. The Kier molecular flexibility index (Phi) is 6.63. The maximum atomic E-state index is 12.7. The average molecular weight is 382 g/mol. The van der Waals surface area contributed by atoms with Crippen LogP contribution in [0.25, 0.3) is 0 Å².